The fourth-order valence-electron chi connectivity index (χ4n) is 2.49. The molecule has 1 aliphatic heterocycles. The summed E-state index contributed by atoms with van der Waals surface area (Å²) in [5.41, 5.74) is 0.971. The number of aliphatic hydroxyl groups excluding tert-OH is 1. The van der Waals surface area contributed by atoms with Gasteiger partial charge in [0, 0.05) is 25.2 Å². The molecule has 0 saturated carbocycles. The van der Waals surface area contributed by atoms with Gasteiger partial charge in [-0.3, -0.25) is 10.1 Å². The topological polar surface area (TPSA) is 99.6 Å². The van der Waals surface area contributed by atoms with Gasteiger partial charge in [-0.25, -0.2) is 0 Å². The number of piperidine rings is 1. The first-order valence-corrected chi connectivity index (χ1v) is 6.81. The highest BCUT2D eigenvalue weighted by atomic mass is 16.6. The number of hydrogen-bond acceptors (Lipinski definition) is 6. The quantitative estimate of drug-likeness (QED) is 0.651. The molecule has 112 valence electrons. The fourth-order valence-corrected chi connectivity index (χ4v) is 2.49. The first kappa shape index (κ1) is 15.2. The SMILES string of the molecule is N#Cc1cc([N+](=O)[O-])ccc1N1CCC(OCCO)CC1. The number of aliphatic hydroxyl groups is 1. The number of nitro groups is 1. The third-order valence-electron chi connectivity index (χ3n) is 3.54. The molecule has 1 aromatic rings. The summed E-state index contributed by atoms with van der Waals surface area (Å²) in [5.74, 6) is 0. The average molecular weight is 291 g/mol. The van der Waals surface area contributed by atoms with E-state index in [4.69, 9.17) is 9.84 Å². The molecular weight excluding hydrogens is 274 g/mol. The van der Waals surface area contributed by atoms with Crippen molar-refractivity contribution in [2.45, 2.75) is 18.9 Å². The zero-order chi connectivity index (χ0) is 15.2. The molecule has 0 unspecified atom stereocenters. The number of anilines is 1. The second-order valence-electron chi connectivity index (χ2n) is 4.85. The number of nitro benzene ring substituents is 1. The first-order valence-electron chi connectivity index (χ1n) is 6.81. The van der Waals surface area contributed by atoms with E-state index >= 15 is 0 Å². The van der Waals surface area contributed by atoms with Crippen molar-refractivity contribution in [1.29, 1.82) is 5.26 Å². The summed E-state index contributed by atoms with van der Waals surface area (Å²) < 4.78 is 5.49. The van der Waals surface area contributed by atoms with Gasteiger partial charge in [-0.05, 0) is 18.9 Å². The van der Waals surface area contributed by atoms with Crippen molar-refractivity contribution in [3.63, 3.8) is 0 Å². The van der Waals surface area contributed by atoms with Crippen LogP contribution in [0.15, 0.2) is 18.2 Å². The van der Waals surface area contributed by atoms with Gasteiger partial charge in [-0.2, -0.15) is 5.26 Å². The van der Waals surface area contributed by atoms with Gasteiger partial charge < -0.3 is 14.7 Å². The summed E-state index contributed by atoms with van der Waals surface area (Å²) in [4.78, 5) is 12.3. The van der Waals surface area contributed by atoms with Crippen molar-refractivity contribution >= 4 is 11.4 Å². The molecule has 2 rings (SSSR count). The molecule has 1 N–H and O–H groups in total. The average Bonchev–Trinajstić information content (AvgIpc) is 2.52. The molecule has 7 nitrogen and oxygen atoms in total. The van der Waals surface area contributed by atoms with E-state index in [2.05, 4.69) is 0 Å². The Morgan fingerprint density at radius 1 is 1.48 bits per heavy atom. The number of benzene rings is 1. The van der Waals surface area contributed by atoms with E-state index in [-0.39, 0.29) is 18.4 Å². The molecule has 0 radical (unpaired) electrons. The largest absolute Gasteiger partial charge is 0.394 e. The van der Waals surface area contributed by atoms with Crippen molar-refractivity contribution in [1.82, 2.24) is 0 Å². The molecule has 21 heavy (non-hydrogen) atoms. The molecule has 1 heterocycles. The van der Waals surface area contributed by atoms with E-state index in [1.165, 1.54) is 12.1 Å². The summed E-state index contributed by atoms with van der Waals surface area (Å²) in [6.45, 7) is 1.80. The second-order valence-corrected chi connectivity index (χ2v) is 4.85. The van der Waals surface area contributed by atoms with Gasteiger partial charge in [-0.1, -0.05) is 0 Å². The Kier molecular flexibility index (Phi) is 5.09. The van der Waals surface area contributed by atoms with Gasteiger partial charge in [-0.15, -0.1) is 0 Å². The van der Waals surface area contributed by atoms with E-state index < -0.39 is 4.92 Å². The molecule has 1 aliphatic rings. The molecule has 0 aliphatic carbocycles. The Morgan fingerprint density at radius 3 is 2.76 bits per heavy atom. The minimum atomic E-state index is -0.500. The number of rotatable bonds is 5. The van der Waals surface area contributed by atoms with Crippen LogP contribution in [0.3, 0.4) is 0 Å². The number of nitrogens with zero attached hydrogens (tertiary/aromatic N) is 3. The molecule has 0 aromatic heterocycles. The van der Waals surface area contributed by atoms with Crippen molar-refractivity contribution in [2.24, 2.45) is 0 Å². The molecule has 1 saturated heterocycles. The minimum Gasteiger partial charge on any atom is -0.394 e. The van der Waals surface area contributed by atoms with Gasteiger partial charge >= 0.3 is 0 Å². The number of non-ortho nitro benzene ring substituents is 1. The minimum absolute atomic E-state index is 0.0150. The van der Waals surface area contributed by atoms with Crippen LogP contribution >= 0.6 is 0 Å². The van der Waals surface area contributed by atoms with E-state index in [0.29, 0.717) is 12.2 Å². The second kappa shape index (κ2) is 7.02. The molecule has 7 heteroatoms. The summed E-state index contributed by atoms with van der Waals surface area (Å²) in [6, 6.07) is 6.38. The zero-order valence-corrected chi connectivity index (χ0v) is 11.6. The number of hydrogen-bond donors (Lipinski definition) is 1. The van der Waals surface area contributed by atoms with Crippen molar-refractivity contribution in [3.8, 4) is 6.07 Å². The molecule has 0 amide bonds. The molecule has 0 atom stereocenters. The van der Waals surface area contributed by atoms with Crippen LogP contribution in [0, 0.1) is 21.4 Å². The Hall–Kier alpha value is -2.17. The van der Waals surface area contributed by atoms with Crippen LogP contribution in [0.4, 0.5) is 11.4 Å². The van der Waals surface area contributed by atoms with Crippen LogP contribution in [-0.2, 0) is 4.74 Å². The smallest absolute Gasteiger partial charge is 0.270 e. The Labute approximate surface area is 122 Å². The highest BCUT2D eigenvalue weighted by Crippen LogP contribution is 2.27. The van der Waals surface area contributed by atoms with Gasteiger partial charge in [0.15, 0.2) is 0 Å². The maximum absolute atomic E-state index is 10.7. The van der Waals surface area contributed by atoms with Crippen LogP contribution in [0.5, 0.6) is 0 Å². The van der Waals surface area contributed by atoms with Crippen molar-refractivity contribution < 1.29 is 14.8 Å². The summed E-state index contributed by atoms with van der Waals surface area (Å²) in [5, 5.41) is 28.7. The van der Waals surface area contributed by atoms with Gasteiger partial charge in [0.05, 0.1) is 35.5 Å². The van der Waals surface area contributed by atoms with Crippen LogP contribution < -0.4 is 4.90 Å². The predicted octanol–water partition coefficient (Wildman–Crippen LogP) is 1.44. The maximum Gasteiger partial charge on any atom is 0.270 e. The lowest BCUT2D eigenvalue weighted by atomic mass is 10.0. The lowest BCUT2D eigenvalue weighted by Gasteiger charge is -2.33. The number of ether oxygens (including phenoxy) is 1. The molecular formula is C14H17N3O4. The number of nitriles is 1. The standard InChI is InChI=1S/C14H17N3O4/c15-10-11-9-12(17(19)20)1-2-14(11)16-5-3-13(4-6-16)21-8-7-18/h1-2,9,13,18H,3-8H2. The van der Waals surface area contributed by atoms with Gasteiger partial charge in [0.1, 0.15) is 6.07 Å². The van der Waals surface area contributed by atoms with Crippen LogP contribution in [0.2, 0.25) is 0 Å². The zero-order valence-electron chi connectivity index (χ0n) is 11.6. The normalized spacial score (nSPS) is 15.7. The molecule has 1 fully saturated rings. The van der Waals surface area contributed by atoms with Gasteiger partial charge in [0.25, 0.3) is 5.69 Å². The lowest BCUT2D eigenvalue weighted by Crippen LogP contribution is -2.37. The maximum atomic E-state index is 10.7. The molecule has 0 spiro atoms. The van der Waals surface area contributed by atoms with Crippen molar-refractivity contribution in [3.05, 3.63) is 33.9 Å². The predicted molar refractivity (Wildman–Crippen MR) is 76.1 cm³/mol. The Balaban J connectivity index is 2.06. The fraction of sp³-hybridized carbons (Fsp3) is 0.500. The van der Waals surface area contributed by atoms with E-state index in [9.17, 15) is 15.4 Å². The van der Waals surface area contributed by atoms with Crippen LogP contribution in [0.25, 0.3) is 0 Å². The molecule has 1 aromatic carbocycles. The van der Waals surface area contributed by atoms with Crippen molar-refractivity contribution in [2.75, 3.05) is 31.2 Å². The van der Waals surface area contributed by atoms with E-state index in [1.807, 2.05) is 11.0 Å². The van der Waals surface area contributed by atoms with E-state index in [1.54, 1.807) is 6.07 Å². The van der Waals surface area contributed by atoms with Gasteiger partial charge in [0.2, 0.25) is 0 Å². The summed E-state index contributed by atoms with van der Waals surface area (Å²) >= 11 is 0. The monoisotopic (exact) mass is 291 g/mol. The summed E-state index contributed by atoms with van der Waals surface area (Å²) in [7, 11) is 0. The highest BCUT2D eigenvalue weighted by molar-refractivity contribution is 5.63. The highest BCUT2D eigenvalue weighted by Gasteiger charge is 2.22. The summed E-state index contributed by atoms with van der Waals surface area (Å²) in [6.07, 6.45) is 1.74. The van der Waals surface area contributed by atoms with Crippen LogP contribution in [-0.4, -0.2) is 42.4 Å². The lowest BCUT2D eigenvalue weighted by molar-refractivity contribution is -0.384. The molecule has 0 bridgehead atoms. The third kappa shape index (κ3) is 3.68. The Bertz CT molecular complexity index is 548. The Morgan fingerprint density at radius 2 is 2.19 bits per heavy atom. The van der Waals surface area contributed by atoms with Crippen LogP contribution in [0.1, 0.15) is 18.4 Å². The first-order chi connectivity index (χ1) is 10.2. The van der Waals surface area contributed by atoms with E-state index in [0.717, 1.165) is 31.6 Å². The third-order valence-corrected chi connectivity index (χ3v) is 3.54.